The van der Waals surface area contributed by atoms with Gasteiger partial charge in [0.05, 0.1) is 11.6 Å². The molecule has 94 valence electrons. The van der Waals surface area contributed by atoms with Crippen LogP contribution in [0.15, 0.2) is 41.5 Å². The van der Waals surface area contributed by atoms with Crippen LogP contribution >= 0.6 is 11.3 Å². The van der Waals surface area contributed by atoms with E-state index in [4.69, 9.17) is 5.11 Å². The average Bonchev–Trinajstić information content (AvgIpc) is 2.71. The van der Waals surface area contributed by atoms with Crippen molar-refractivity contribution in [3.05, 3.63) is 46.2 Å². The van der Waals surface area contributed by atoms with Crippen molar-refractivity contribution in [3.63, 3.8) is 0 Å². The largest absolute Gasteiger partial charge is 0.481 e. The smallest absolute Gasteiger partial charge is 0.311 e. The molecular formula is C13H14N2O2S. The van der Waals surface area contributed by atoms with Crippen LogP contribution < -0.4 is 4.80 Å². The number of carboxylic acids is 1. The second-order valence-corrected chi connectivity index (χ2v) is 5.07. The van der Waals surface area contributed by atoms with Gasteiger partial charge >= 0.3 is 5.97 Å². The predicted octanol–water partition coefficient (Wildman–Crippen LogP) is 2.51. The van der Waals surface area contributed by atoms with Crippen molar-refractivity contribution >= 4 is 23.0 Å². The number of hydrogen-bond acceptors (Lipinski definition) is 3. The van der Waals surface area contributed by atoms with Crippen molar-refractivity contribution in [1.29, 1.82) is 0 Å². The summed E-state index contributed by atoms with van der Waals surface area (Å²) < 4.78 is 1.85. The number of carbonyl (C=O) groups is 1. The molecule has 1 unspecified atom stereocenters. The summed E-state index contributed by atoms with van der Waals surface area (Å²) in [6, 6.07) is 9.62. The zero-order chi connectivity index (χ0) is 13.1. The molecule has 0 saturated carbocycles. The first-order valence-corrected chi connectivity index (χ1v) is 6.38. The van der Waals surface area contributed by atoms with Crippen LogP contribution in [0, 0.1) is 0 Å². The fraction of sp³-hybridized carbons (Fsp3) is 0.231. The molecule has 2 rings (SSSR count). The van der Waals surface area contributed by atoms with E-state index in [2.05, 4.69) is 4.99 Å². The predicted molar refractivity (Wildman–Crippen MR) is 71.0 cm³/mol. The molecule has 0 amide bonds. The summed E-state index contributed by atoms with van der Waals surface area (Å²) >= 11 is 1.41. The Morgan fingerprint density at radius 2 is 2.06 bits per heavy atom. The molecule has 0 aliphatic carbocycles. The first-order valence-electron chi connectivity index (χ1n) is 5.57. The number of hydrogen-bond donors (Lipinski definition) is 1. The van der Waals surface area contributed by atoms with Gasteiger partial charge in [-0.1, -0.05) is 18.2 Å². The zero-order valence-corrected chi connectivity index (χ0v) is 11.0. The van der Waals surface area contributed by atoms with E-state index in [0.29, 0.717) is 0 Å². The molecule has 0 fully saturated rings. The monoisotopic (exact) mass is 262 g/mol. The Bertz CT molecular complexity index is 613. The highest BCUT2D eigenvalue weighted by atomic mass is 32.1. The van der Waals surface area contributed by atoms with Crippen molar-refractivity contribution in [2.24, 2.45) is 12.0 Å². The lowest BCUT2D eigenvalue weighted by atomic mass is 10.2. The summed E-state index contributed by atoms with van der Waals surface area (Å²) in [5.41, 5.74) is 0.865. The first-order chi connectivity index (χ1) is 8.58. The fourth-order valence-corrected chi connectivity index (χ4v) is 2.53. The van der Waals surface area contributed by atoms with Gasteiger partial charge in [-0.15, -0.1) is 11.3 Å². The van der Waals surface area contributed by atoms with E-state index in [1.165, 1.54) is 11.3 Å². The molecule has 2 aromatic rings. The summed E-state index contributed by atoms with van der Waals surface area (Å²) in [6.07, 6.45) is 1.82. The summed E-state index contributed by atoms with van der Waals surface area (Å²) in [4.78, 5) is 17.0. The van der Waals surface area contributed by atoms with Gasteiger partial charge < -0.3 is 9.67 Å². The summed E-state index contributed by atoms with van der Waals surface area (Å²) in [5, 5.41) is 8.99. The Kier molecular flexibility index (Phi) is 3.62. The molecule has 0 aliphatic rings. The lowest BCUT2D eigenvalue weighted by molar-refractivity contribution is -0.138. The molecule has 1 N–H and O–H groups in total. The zero-order valence-electron chi connectivity index (χ0n) is 10.2. The standard InChI is InChI=1S/C13H14N2O2S/c1-9(12(16)17)11-8-15(2)13(18-11)14-10-6-4-3-5-7-10/h3-9H,1-2H3,(H,16,17)/b14-13+. The number of para-hydroxylation sites is 1. The van der Waals surface area contributed by atoms with Crippen molar-refractivity contribution in [3.8, 4) is 0 Å². The lowest BCUT2D eigenvalue weighted by Crippen LogP contribution is -2.07. The van der Waals surface area contributed by atoms with E-state index < -0.39 is 11.9 Å². The lowest BCUT2D eigenvalue weighted by Gasteiger charge is -1.99. The van der Waals surface area contributed by atoms with Gasteiger partial charge in [-0.05, 0) is 19.1 Å². The topological polar surface area (TPSA) is 54.6 Å². The van der Waals surface area contributed by atoms with Gasteiger partial charge in [-0.25, -0.2) is 4.99 Å². The highest BCUT2D eigenvalue weighted by Gasteiger charge is 2.16. The fourth-order valence-electron chi connectivity index (χ4n) is 1.49. The molecule has 18 heavy (non-hydrogen) atoms. The van der Waals surface area contributed by atoms with Gasteiger partial charge in [0.25, 0.3) is 0 Å². The van der Waals surface area contributed by atoms with E-state index in [9.17, 15) is 4.79 Å². The third-order valence-corrected chi connectivity index (χ3v) is 3.87. The van der Waals surface area contributed by atoms with Crippen LogP contribution in [0.2, 0.25) is 0 Å². The molecule has 1 heterocycles. The van der Waals surface area contributed by atoms with E-state index in [1.54, 1.807) is 6.92 Å². The molecule has 1 atom stereocenters. The summed E-state index contributed by atoms with van der Waals surface area (Å²) in [6.45, 7) is 1.68. The second kappa shape index (κ2) is 5.18. The van der Waals surface area contributed by atoms with Crippen LogP contribution in [0.1, 0.15) is 17.7 Å². The summed E-state index contributed by atoms with van der Waals surface area (Å²) in [5.74, 6) is -1.32. The number of carboxylic acid groups (broad SMARTS) is 1. The molecular weight excluding hydrogens is 248 g/mol. The molecule has 0 radical (unpaired) electrons. The Labute approximate surface area is 109 Å². The maximum atomic E-state index is 10.9. The minimum absolute atomic E-state index is 0.499. The molecule has 5 heteroatoms. The van der Waals surface area contributed by atoms with Gasteiger partial charge in [-0.2, -0.15) is 0 Å². The average molecular weight is 262 g/mol. The molecule has 0 spiro atoms. The Morgan fingerprint density at radius 3 is 2.67 bits per heavy atom. The molecule has 4 nitrogen and oxygen atoms in total. The van der Waals surface area contributed by atoms with Crippen LogP contribution in [0.4, 0.5) is 5.69 Å². The van der Waals surface area contributed by atoms with Gasteiger partial charge in [-0.3, -0.25) is 4.79 Å². The molecule has 0 bridgehead atoms. The normalized spacial score (nSPS) is 13.6. The van der Waals surface area contributed by atoms with Crippen molar-refractivity contribution < 1.29 is 9.90 Å². The van der Waals surface area contributed by atoms with E-state index in [0.717, 1.165) is 15.4 Å². The van der Waals surface area contributed by atoms with Crippen molar-refractivity contribution in [1.82, 2.24) is 4.57 Å². The Hall–Kier alpha value is -1.88. The molecule has 1 aromatic heterocycles. The van der Waals surface area contributed by atoms with Gasteiger partial charge in [0.1, 0.15) is 0 Å². The quantitative estimate of drug-likeness (QED) is 0.924. The number of benzene rings is 1. The third kappa shape index (κ3) is 2.68. The Morgan fingerprint density at radius 1 is 1.39 bits per heavy atom. The van der Waals surface area contributed by atoms with Crippen LogP contribution in [-0.4, -0.2) is 15.6 Å². The minimum atomic E-state index is -0.817. The third-order valence-electron chi connectivity index (χ3n) is 2.61. The SMILES string of the molecule is CC(C(=O)O)c1cn(C)/c(=N\c2ccccc2)s1. The van der Waals surface area contributed by atoms with Gasteiger partial charge in [0.15, 0.2) is 4.80 Å². The molecule has 1 aromatic carbocycles. The molecule has 0 saturated heterocycles. The van der Waals surface area contributed by atoms with Crippen LogP contribution in [0.3, 0.4) is 0 Å². The first kappa shape index (κ1) is 12.6. The number of aromatic nitrogens is 1. The van der Waals surface area contributed by atoms with E-state index in [1.807, 2.05) is 48.1 Å². The van der Waals surface area contributed by atoms with Crippen LogP contribution in [0.5, 0.6) is 0 Å². The number of thiazole rings is 1. The van der Waals surface area contributed by atoms with Crippen molar-refractivity contribution in [2.45, 2.75) is 12.8 Å². The van der Waals surface area contributed by atoms with Crippen LogP contribution in [0.25, 0.3) is 0 Å². The number of aliphatic carboxylic acids is 1. The number of nitrogens with zero attached hydrogens (tertiary/aromatic N) is 2. The highest BCUT2D eigenvalue weighted by Crippen LogP contribution is 2.18. The maximum absolute atomic E-state index is 10.9. The number of rotatable bonds is 3. The number of aryl methyl sites for hydroxylation is 1. The maximum Gasteiger partial charge on any atom is 0.311 e. The van der Waals surface area contributed by atoms with E-state index >= 15 is 0 Å². The summed E-state index contributed by atoms with van der Waals surface area (Å²) in [7, 11) is 1.87. The van der Waals surface area contributed by atoms with Gasteiger partial charge in [0.2, 0.25) is 0 Å². The minimum Gasteiger partial charge on any atom is -0.481 e. The van der Waals surface area contributed by atoms with Crippen molar-refractivity contribution in [2.75, 3.05) is 0 Å². The van der Waals surface area contributed by atoms with E-state index in [-0.39, 0.29) is 0 Å². The molecule has 0 aliphatic heterocycles. The van der Waals surface area contributed by atoms with Gasteiger partial charge in [0, 0.05) is 18.1 Å². The highest BCUT2D eigenvalue weighted by molar-refractivity contribution is 7.09. The van der Waals surface area contributed by atoms with Crippen LogP contribution in [-0.2, 0) is 11.8 Å². The second-order valence-electron chi connectivity index (χ2n) is 4.03. The Balaban J connectivity index is 2.42.